The van der Waals surface area contributed by atoms with Crippen LogP contribution >= 0.6 is 0 Å². The first-order valence-corrected chi connectivity index (χ1v) is 10.5. The number of hydrogen-bond donors (Lipinski definition) is 1. The van der Waals surface area contributed by atoms with Crippen LogP contribution in [0.4, 0.5) is 13.6 Å². The van der Waals surface area contributed by atoms with E-state index in [2.05, 4.69) is 10.4 Å². The van der Waals surface area contributed by atoms with E-state index >= 15 is 0 Å². The summed E-state index contributed by atoms with van der Waals surface area (Å²) in [6.45, 7) is 6.13. The fourth-order valence-electron chi connectivity index (χ4n) is 4.43. The molecule has 1 saturated heterocycles. The largest absolute Gasteiger partial charge is 0.444 e. The SMILES string of the molecule is CC(C)(C)OC(=O)N1CC(NC(=O)c2nn(-c3ccc(F)cc3F)c3c2C[C@H]2C[C@@H]32)C1. The number of benzene rings is 1. The summed E-state index contributed by atoms with van der Waals surface area (Å²) in [6, 6.07) is 3.16. The van der Waals surface area contributed by atoms with E-state index in [0.29, 0.717) is 19.0 Å². The molecule has 2 heterocycles. The Labute approximate surface area is 178 Å². The standard InChI is InChI=1S/C22H24F2N4O3/c1-22(2,3)31-21(30)27-9-13(10-27)25-20(29)18-15-7-11-6-14(11)19(15)28(26-18)17-5-4-12(23)8-16(17)24/h4-5,8,11,13-14H,6-7,9-10H2,1-3H3,(H,25,29)/t11-,14-/m1/s1. The van der Waals surface area contributed by atoms with Crippen LogP contribution < -0.4 is 5.32 Å². The molecule has 2 amide bonds. The molecule has 0 spiro atoms. The Morgan fingerprint density at radius 3 is 2.65 bits per heavy atom. The molecule has 3 aliphatic rings. The molecule has 1 N–H and O–H groups in total. The van der Waals surface area contributed by atoms with Crippen molar-refractivity contribution in [2.24, 2.45) is 5.92 Å². The summed E-state index contributed by atoms with van der Waals surface area (Å²) in [7, 11) is 0. The van der Waals surface area contributed by atoms with Gasteiger partial charge in [-0.1, -0.05) is 0 Å². The van der Waals surface area contributed by atoms with Gasteiger partial charge in [-0.25, -0.2) is 18.3 Å². The number of aromatic nitrogens is 2. The third-order valence-corrected chi connectivity index (χ3v) is 5.98. The molecule has 0 unspecified atom stereocenters. The van der Waals surface area contributed by atoms with Crippen LogP contribution in [-0.4, -0.2) is 51.4 Å². The Kier molecular flexibility index (Phi) is 4.36. The molecule has 1 saturated carbocycles. The zero-order valence-corrected chi connectivity index (χ0v) is 17.6. The molecule has 0 radical (unpaired) electrons. The monoisotopic (exact) mass is 430 g/mol. The first-order chi connectivity index (χ1) is 14.6. The molecule has 1 aromatic carbocycles. The van der Waals surface area contributed by atoms with E-state index in [1.54, 1.807) is 20.8 Å². The van der Waals surface area contributed by atoms with Crippen LogP contribution in [0.25, 0.3) is 5.69 Å². The zero-order valence-electron chi connectivity index (χ0n) is 17.6. The predicted octanol–water partition coefficient (Wildman–Crippen LogP) is 3.16. The molecule has 2 aromatic rings. The summed E-state index contributed by atoms with van der Waals surface area (Å²) in [5, 5.41) is 7.33. The van der Waals surface area contributed by atoms with Crippen molar-refractivity contribution in [2.75, 3.05) is 13.1 Å². The lowest BCUT2D eigenvalue weighted by Crippen LogP contribution is -2.61. The van der Waals surface area contributed by atoms with Gasteiger partial charge in [0.1, 0.15) is 17.1 Å². The molecule has 164 valence electrons. The quantitative estimate of drug-likeness (QED) is 0.812. The number of carbonyl (C=O) groups excluding carboxylic acids is 2. The number of nitrogens with one attached hydrogen (secondary N) is 1. The highest BCUT2D eigenvalue weighted by Crippen LogP contribution is 2.57. The van der Waals surface area contributed by atoms with Gasteiger partial charge in [-0.2, -0.15) is 5.10 Å². The highest BCUT2D eigenvalue weighted by molar-refractivity contribution is 5.95. The maximum Gasteiger partial charge on any atom is 0.410 e. The lowest BCUT2D eigenvalue weighted by atomic mass is 10.1. The molecule has 0 bridgehead atoms. The topological polar surface area (TPSA) is 76.5 Å². The van der Waals surface area contributed by atoms with Gasteiger partial charge < -0.3 is 15.0 Å². The van der Waals surface area contributed by atoms with Crippen LogP contribution in [0.5, 0.6) is 0 Å². The summed E-state index contributed by atoms with van der Waals surface area (Å²) >= 11 is 0. The molecule has 1 aromatic heterocycles. The molecule has 2 atom stereocenters. The van der Waals surface area contributed by atoms with Crippen LogP contribution in [-0.2, 0) is 11.2 Å². The van der Waals surface area contributed by atoms with Gasteiger partial charge in [-0.15, -0.1) is 0 Å². The van der Waals surface area contributed by atoms with Crippen molar-refractivity contribution >= 4 is 12.0 Å². The Morgan fingerprint density at radius 2 is 1.97 bits per heavy atom. The number of rotatable bonds is 3. The molecule has 7 nitrogen and oxygen atoms in total. The van der Waals surface area contributed by atoms with Crippen LogP contribution in [0.3, 0.4) is 0 Å². The van der Waals surface area contributed by atoms with Crippen LogP contribution in [0.1, 0.15) is 54.9 Å². The number of likely N-dealkylation sites (tertiary alicyclic amines) is 1. The van der Waals surface area contributed by atoms with Gasteiger partial charge in [0.05, 0.1) is 11.7 Å². The van der Waals surface area contributed by atoms with Crippen molar-refractivity contribution in [1.82, 2.24) is 20.0 Å². The number of fused-ring (bicyclic) bond motifs is 3. The third-order valence-electron chi connectivity index (χ3n) is 5.98. The molecule has 2 fully saturated rings. The van der Waals surface area contributed by atoms with Crippen LogP contribution in [0.15, 0.2) is 18.2 Å². The van der Waals surface area contributed by atoms with Gasteiger partial charge >= 0.3 is 6.09 Å². The summed E-state index contributed by atoms with van der Waals surface area (Å²) in [6.07, 6.45) is 1.33. The maximum absolute atomic E-state index is 14.4. The van der Waals surface area contributed by atoms with Gasteiger partial charge in [0.2, 0.25) is 0 Å². The first kappa shape index (κ1) is 20.0. The number of carbonyl (C=O) groups is 2. The smallest absolute Gasteiger partial charge is 0.410 e. The van der Waals surface area contributed by atoms with Crippen molar-refractivity contribution in [3.8, 4) is 5.69 Å². The van der Waals surface area contributed by atoms with Crippen molar-refractivity contribution < 1.29 is 23.1 Å². The Hall–Kier alpha value is -2.97. The second-order valence-electron chi connectivity index (χ2n) is 9.58. The van der Waals surface area contributed by atoms with Crippen LogP contribution in [0, 0.1) is 17.6 Å². The minimum Gasteiger partial charge on any atom is -0.444 e. The van der Waals surface area contributed by atoms with E-state index in [0.717, 1.165) is 30.2 Å². The minimum atomic E-state index is -0.714. The fourth-order valence-corrected chi connectivity index (χ4v) is 4.43. The average molecular weight is 430 g/mol. The van der Waals surface area contributed by atoms with Gasteiger partial charge in [0.15, 0.2) is 11.5 Å². The van der Waals surface area contributed by atoms with Crippen molar-refractivity contribution in [3.63, 3.8) is 0 Å². The van der Waals surface area contributed by atoms with E-state index < -0.39 is 23.3 Å². The Balaban J connectivity index is 1.32. The second-order valence-corrected chi connectivity index (χ2v) is 9.58. The van der Waals surface area contributed by atoms with Gasteiger partial charge in [0.25, 0.3) is 5.91 Å². The highest BCUT2D eigenvalue weighted by Gasteiger charge is 2.50. The molecule has 5 rings (SSSR count). The van der Waals surface area contributed by atoms with Crippen molar-refractivity contribution in [2.45, 2.75) is 51.2 Å². The maximum atomic E-state index is 14.4. The average Bonchev–Trinajstić information content (AvgIpc) is 3.12. The summed E-state index contributed by atoms with van der Waals surface area (Å²) in [5.74, 6) is -0.992. The first-order valence-electron chi connectivity index (χ1n) is 10.5. The predicted molar refractivity (Wildman–Crippen MR) is 107 cm³/mol. The normalized spacial score (nSPS) is 21.9. The number of nitrogens with zero attached hydrogens (tertiary/aromatic N) is 3. The zero-order chi connectivity index (χ0) is 22.1. The van der Waals surface area contributed by atoms with Crippen molar-refractivity contribution in [3.05, 3.63) is 46.8 Å². The molecule has 1 aliphatic heterocycles. The summed E-state index contributed by atoms with van der Waals surface area (Å²) in [4.78, 5) is 26.5. The fraction of sp³-hybridized carbons (Fsp3) is 0.500. The van der Waals surface area contributed by atoms with E-state index in [-0.39, 0.29) is 29.2 Å². The van der Waals surface area contributed by atoms with E-state index in [4.69, 9.17) is 4.74 Å². The molecule has 31 heavy (non-hydrogen) atoms. The molecule has 9 heteroatoms. The summed E-state index contributed by atoms with van der Waals surface area (Å²) < 4.78 is 34.6. The lowest BCUT2D eigenvalue weighted by Gasteiger charge is -2.39. The third kappa shape index (κ3) is 3.55. The number of hydrogen-bond acceptors (Lipinski definition) is 4. The molecule has 2 aliphatic carbocycles. The number of halogens is 2. The Morgan fingerprint density at radius 1 is 1.23 bits per heavy atom. The number of ether oxygens (including phenoxy) is 1. The van der Waals surface area contributed by atoms with E-state index in [1.807, 2.05) is 0 Å². The minimum absolute atomic E-state index is 0.143. The molecular formula is C22H24F2N4O3. The van der Waals surface area contributed by atoms with Crippen molar-refractivity contribution in [1.29, 1.82) is 0 Å². The van der Waals surface area contributed by atoms with E-state index in [9.17, 15) is 18.4 Å². The summed E-state index contributed by atoms with van der Waals surface area (Å²) in [5.41, 5.74) is 1.54. The molecular weight excluding hydrogens is 406 g/mol. The highest BCUT2D eigenvalue weighted by atomic mass is 19.1. The van der Waals surface area contributed by atoms with Gasteiger partial charge in [-0.05, 0) is 51.7 Å². The van der Waals surface area contributed by atoms with Crippen LogP contribution in [0.2, 0.25) is 0 Å². The van der Waals surface area contributed by atoms with E-state index in [1.165, 1.54) is 21.7 Å². The van der Waals surface area contributed by atoms with Gasteiger partial charge in [0, 0.05) is 30.6 Å². The lowest BCUT2D eigenvalue weighted by molar-refractivity contribution is 0.00530. The number of amides is 2. The Bertz CT molecular complexity index is 1090. The second kappa shape index (κ2) is 6.77. The van der Waals surface area contributed by atoms with Gasteiger partial charge in [-0.3, -0.25) is 4.79 Å².